The Hall–Kier alpha value is -1.64. The summed E-state index contributed by atoms with van der Waals surface area (Å²) in [7, 11) is 0. The van der Waals surface area contributed by atoms with E-state index in [0.717, 1.165) is 26.5 Å². The molecule has 0 atom stereocenters. The van der Waals surface area contributed by atoms with Crippen molar-refractivity contribution in [3.05, 3.63) is 78.0 Å². The fraction of sp³-hybridized carbons (Fsp3) is 0.105. The molecule has 2 heterocycles. The van der Waals surface area contributed by atoms with Gasteiger partial charge in [-0.3, -0.25) is 0 Å². The Labute approximate surface area is 183 Å². The van der Waals surface area contributed by atoms with Gasteiger partial charge in [-0.15, -0.1) is 5.10 Å². The molecule has 0 aliphatic rings. The summed E-state index contributed by atoms with van der Waals surface area (Å²) >= 11 is 20.4. The maximum atomic E-state index is 11.9. The van der Waals surface area contributed by atoms with Crippen LogP contribution in [0.25, 0.3) is 16.7 Å². The van der Waals surface area contributed by atoms with Crippen molar-refractivity contribution in [1.82, 2.24) is 9.78 Å². The number of aromatic nitrogens is 2. The van der Waals surface area contributed by atoms with Gasteiger partial charge in [0.15, 0.2) is 8.29 Å². The maximum Gasteiger partial charge on any atom is 0.336 e. The third kappa shape index (κ3) is 4.04. The van der Waals surface area contributed by atoms with Gasteiger partial charge in [-0.1, -0.05) is 58.4 Å². The van der Waals surface area contributed by atoms with Gasteiger partial charge in [0.2, 0.25) is 0 Å². The first kappa shape index (κ1) is 19.7. The minimum Gasteiger partial charge on any atom is -0.423 e. The normalized spacial score (nSPS) is 11.2. The Morgan fingerprint density at radius 3 is 2.79 bits per heavy atom. The summed E-state index contributed by atoms with van der Waals surface area (Å²) in [5.74, 6) is 0.578. The molecule has 28 heavy (non-hydrogen) atoms. The smallest absolute Gasteiger partial charge is 0.336 e. The SMILES string of the molecule is Cc1ccc2c(CSc3nn(-c4ccc(Cl)c(Cl)c4)c(=S)s3)cc(=O)oc2c1. The summed E-state index contributed by atoms with van der Waals surface area (Å²) in [5, 5.41) is 6.42. The number of aryl methyl sites for hydroxylation is 1. The number of benzene rings is 2. The van der Waals surface area contributed by atoms with Gasteiger partial charge in [-0.2, -0.15) is 0 Å². The molecule has 0 saturated carbocycles. The number of rotatable bonds is 4. The molecule has 0 saturated heterocycles. The van der Waals surface area contributed by atoms with Crippen molar-refractivity contribution in [3.63, 3.8) is 0 Å². The van der Waals surface area contributed by atoms with Crippen LogP contribution in [0.1, 0.15) is 11.1 Å². The van der Waals surface area contributed by atoms with Gasteiger partial charge < -0.3 is 4.42 Å². The molecule has 2 aromatic heterocycles. The van der Waals surface area contributed by atoms with E-state index in [2.05, 4.69) is 5.10 Å². The Morgan fingerprint density at radius 1 is 1.18 bits per heavy atom. The van der Waals surface area contributed by atoms with Gasteiger partial charge in [-0.05, 0) is 54.5 Å². The molecule has 0 aliphatic carbocycles. The highest BCUT2D eigenvalue weighted by Gasteiger charge is 2.11. The van der Waals surface area contributed by atoms with Crippen LogP contribution in [0.2, 0.25) is 10.0 Å². The molecule has 0 bridgehead atoms. The average Bonchev–Trinajstić information content (AvgIpc) is 3.02. The van der Waals surface area contributed by atoms with E-state index in [9.17, 15) is 4.79 Å². The topological polar surface area (TPSA) is 48.0 Å². The van der Waals surface area contributed by atoms with Crippen LogP contribution < -0.4 is 5.63 Å². The summed E-state index contributed by atoms with van der Waals surface area (Å²) in [5.41, 5.74) is 2.93. The number of fused-ring (bicyclic) bond motifs is 1. The van der Waals surface area contributed by atoms with Crippen molar-refractivity contribution in [2.75, 3.05) is 0 Å². The van der Waals surface area contributed by atoms with Gasteiger partial charge in [0, 0.05) is 17.2 Å². The Bertz CT molecular complexity index is 1310. The lowest BCUT2D eigenvalue weighted by molar-refractivity contribution is 0.559. The van der Waals surface area contributed by atoms with Crippen LogP contribution in [0, 0.1) is 10.9 Å². The number of nitrogens with zero attached hydrogens (tertiary/aromatic N) is 2. The van der Waals surface area contributed by atoms with Crippen LogP contribution in [0.5, 0.6) is 0 Å². The van der Waals surface area contributed by atoms with E-state index in [0.29, 0.717) is 25.3 Å². The third-order valence-electron chi connectivity index (χ3n) is 4.01. The van der Waals surface area contributed by atoms with E-state index in [1.54, 1.807) is 16.8 Å². The molecule has 0 amide bonds. The highest BCUT2D eigenvalue weighted by atomic mass is 35.5. The van der Waals surface area contributed by atoms with Crippen LogP contribution in [-0.4, -0.2) is 9.78 Å². The van der Waals surface area contributed by atoms with Crippen molar-refractivity contribution in [2.45, 2.75) is 17.0 Å². The first-order chi connectivity index (χ1) is 13.4. The second-order valence-corrected chi connectivity index (χ2v) is 9.68. The molecule has 4 rings (SSSR count). The molecule has 4 aromatic rings. The maximum absolute atomic E-state index is 11.9. The molecule has 2 aromatic carbocycles. The van der Waals surface area contributed by atoms with Crippen molar-refractivity contribution >= 4 is 69.5 Å². The molecule has 0 aliphatic heterocycles. The van der Waals surface area contributed by atoms with Gasteiger partial charge in [-0.25, -0.2) is 9.48 Å². The number of hydrogen-bond acceptors (Lipinski definition) is 6. The minimum atomic E-state index is -0.359. The number of thioether (sulfide) groups is 1. The van der Waals surface area contributed by atoms with Crippen molar-refractivity contribution in [1.29, 1.82) is 0 Å². The van der Waals surface area contributed by atoms with Crippen LogP contribution >= 0.6 is 58.5 Å². The van der Waals surface area contributed by atoms with Crippen molar-refractivity contribution < 1.29 is 4.42 Å². The molecule has 0 fully saturated rings. The predicted octanol–water partition coefficient (Wildman–Crippen LogP) is 6.68. The van der Waals surface area contributed by atoms with Gasteiger partial charge in [0.1, 0.15) is 5.58 Å². The Morgan fingerprint density at radius 2 is 2.00 bits per heavy atom. The Kier molecular flexibility index (Phi) is 5.62. The summed E-state index contributed by atoms with van der Waals surface area (Å²) in [6.07, 6.45) is 0. The van der Waals surface area contributed by atoms with E-state index < -0.39 is 0 Å². The highest BCUT2D eigenvalue weighted by Crippen LogP contribution is 2.31. The zero-order valence-electron chi connectivity index (χ0n) is 14.4. The van der Waals surface area contributed by atoms with Crippen molar-refractivity contribution in [3.8, 4) is 5.69 Å². The van der Waals surface area contributed by atoms with Gasteiger partial charge >= 0.3 is 5.63 Å². The molecule has 0 spiro atoms. The number of hydrogen-bond donors (Lipinski definition) is 0. The largest absolute Gasteiger partial charge is 0.423 e. The molecule has 9 heteroatoms. The average molecular weight is 467 g/mol. The molecule has 142 valence electrons. The fourth-order valence-corrected chi connectivity index (χ4v) is 5.34. The second-order valence-electron chi connectivity index (χ2n) is 6.02. The lowest BCUT2D eigenvalue weighted by Crippen LogP contribution is -2.00. The number of halogens is 2. The molecule has 0 N–H and O–H groups in total. The molecule has 4 nitrogen and oxygen atoms in total. The van der Waals surface area contributed by atoms with E-state index >= 15 is 0 Å². The lowest BCUT2D eigenvalue weighted by atomic mass is 10.1. The van der Waals surface area contributed by atoms with Gasteiger partial charge in [0.25, 0.3) is 0 Å². The van der Waals surface area contributed by atoms with E-state index in [4.69, 9.17) is 39.8 Å². The van der Waals surface area contributed by atoms with Crippen LogP contribution in [0.3, 0.4) is 0 Å². The predicted molar refractivity (Wildman–Crippen MR) is 119 cm³/mol. The van der Waals surface area contributed by atoms with Crippen LogP contribution in [-0.2, 0) is 5.75 Å². The summed E-state index contributed by atoms with van der Waals surface area (Å²) in [6.45, 7) is 1.96. The standard InChI is InChI=1S/C19H12Cl2N2O2S3/c1-10-2-4-13-11(7-17(24)25-16(13)6-10)9-27-18-22-23(19(26)28-18)12-3-5-14(20)15(21)8-12/h2-8H,9H2,1H3. The minimum absolute atomic E-state index is 0.359. The van der Waals surface area contributed by atoms with Crippen LogP contribution in [0.15, 0.2) is 56.0 Å². The lowest BCUT2D eigenvalue weighted by Gasteiger charge is -2.05. The summed E-state index contributed by atoms with van der Waals surface area (Å²) in [4.78, 5) is 11.9. The molecular formula is C19H12Cl2N2O2S3. The summed E-state index contributed by atoms with van der Waals surface area (Å²) in [6, 6.07) is 12.6. The van der Waals surface area contributed by atoms with Crippen LogP contribution in [0.4, 0.5) is 0 Å². The zero-order valence-corrected chi connectivity index (χ0v) is 18.4. The quantitative estimate of drug-likeness (QED) is 0.190. The second kappa shape index (κ2) is 8.00. The highest BCUT2D eigenvalue weighted by molar-refractivity contribution is 8.00. The van der Waals surface area contributed by atoms with E-state index in [-0.39, 0.29) is 5.63 Å². The summed E-state index contributed by atoms with van der Waals surface area (Å²) < 4.78 is 8.37. The van der Waals surface area contributed by atoms with Crippen molar-refractivity contribution in [2.24, 2.45) is 0 Å². The third-order valence-corrected chi connectivity index (χ3v) is 7.17. The van der Waals surface area contributed by atoms with Gasteiger partial charge in [0.05, 0.1) is 15.7 Å². The zero-order chi connectivity index (χ0) is 19.8. The molecule has 0 radical (unpaired) electrons. The Balaban J connectivity index is 1.63. The van der Waals surface area contributed by atoms with E-state index in [1.165, 1.54) is 29.2 Å². The fourth-order valence-electron chi connectivity index (χ4n) is 2.70. The van der Waals surface area contributed by atoms with E-state index in [1.807, 2.05) is 31.2 Å². The molecular weight excluding hydrogens is 455 g/mol. The first-order valence-electron chi connectivity index (χ1n) is 8.12. The first-order valence-corrected chi connectivity index (χ1v) is 11.1. The monoisotopic (exact) mass is 466 g/mol. The molecule has 0 unspecified atom stereocenters.